The van der Waals surface area contributed by atoms with E-state index >= 15 is 0 Å². The van der Waals surface area contributed by atoms with Gasteiger partial charge < -0.3 is 19.7 Å². The quantitative estimate of drug-likeness (QED) is 0.409. The maximum Gasteiger partial charge on any atom is 0.335 e. The van der Waals surface area contributed by atoms with E-state index in [2.05, 4.69) is 14.9 Å². The van der Waals surface area contributed by atoms with Crippen LogP contribution in [0, 0.1) is 0 Å². The van der Waals surface area contributed by atoms with Gasteiger partial charge in [0.1, 0.15) is 6.04 Å². The van der Waals surface area contributed by atoms with Crippen LogP contribution in [0.15, 0.2) is 73.2 Å². The summed E-state index contributed by atoms with van der Waals surface area (Å²) in [6.45, 7) is 3.00. The molecule has 0 unspecified atom stereocenters. The second-order valence-corrected chi connectivity index (χ2v) is 8.90. The fourth-order valence-corrected chi connectivity index (χ4v) is 4.92. The van der Waals surface area contributed by atoms with E-state index in [1.807, 2.05) is 46.0 Å². The third-order valence-electron chi connectivity index (χ3n) is 6.61. The van der Waals surface area contributed by atoms with Crippen LogP contribution in [0.2, 0.25) is 0 Å². The molecule has 0 spiro atoms. The van der Waals surface area contributed by atoms with Gasteiger partial charge in [0.05, 0.1) is 5.56 Å². The molecule has 2 aromatic carbocycles. The molecule has 9 heteroatoms. The molecule has 0 bridgehead atoms. The van der Waals surface area contributed by atoms with Gasteiger partial charge in [0, 0.05) is 67.8 Å². The summed E-state index contributed by atoms with van der Waals surface area (Å²) in [5.74, 6) is -1.30. The highest BCUT2D eigenvalue weighted by Crippen LogP contribution is 2.33. The summed E-state index contributed by atoms with van der Waals surface area (Å²) in [5.41, 5.74) is 2.58. The van der Waals surface area contributed by atoms with Crippen molar-refractivity contribution < 1.29 is 19.8 Å². The van der Waals surface area contributed by atoms with E-state index in [1.165, 1.54) is 6.07 Å². The third-order valence-corrected chi connectivity index (χ3v) is 6.61. The van der Waals surface area contributed by atoms with Gasteiger partial charge in [-0.05, 0) is 30.2 Å². The summed E-state index contributed by atoms with van der Waals surface area (Å²) in [4.78, 5) is 37.1. The molecule has 1 saturated heterocycles. The van der Waals surface area contributed by atoms with Gasteiger partial charge in [-0.25, -0.2) is 14.8 Å². The molecule has 1 aliphatic heterocycles. The first kappa shape index (κ1) is 23.5. The molecule has 1 atom stereocenters. The van der Waals surface area contributed by atoms with Gasteiger partial charge in [0.15, 0.2) is 0 Å². The van der Waals surface area contributed by atoms with Gasteiger partial charge in [-0.1, -0.05) is 36.4 Å². The van der Waals surface area contributed by atoms with Crippen molar-refractivity contribution in [3.8, 4) is 0 Å². The summed E-state index contributed by atoms with van der Waals surface area (Å²) in [6, 6.07) is 15.6. The molecule has 1 fully saturated rings. The number of benzene rings is 2. The minimum Gasteiger partial charge on any atom is -0.480 e. The molecule has 0 radical (unpaired) electrons. The summed E-state index contributed by atoms with van der Waals surface area (Å²) >= 11 is 0. The fraction of sp³-hybridized carbons (Fsp3) is 0.259. The molecule has 9 nitrogen and oxygen atoms in total. The van der Waals surface area contributed by atoms with Crippen molar-refractivity contribution >= 4 is 28.8 Å². The lowest BCUT2D eigenvalue weighted by atomic mass is 10.0. The molecule has 2 aromatic heterocycles. The maximum absolute atomic E-state index is 12.7. The molecular weight excluding hydrogens is 458 g/mol. The fourth-order valence-electron chi connectivity index (χ4n) is 4.92. The predicted octanol–water partition coefficient (Wildman–Crippen LogP) is 3.52. The van der Waals surface area contributed by atoms with Crippen molar-refractivity contribution in [2.75, 3.05) is 31.1 Å². The van der Waals surface area contributed by atoms with Crippen molar-refractivity contribution in [2.45, 2.75) is 19.0 Å². The molecule has 3 heterocycles. The van der Waals surface area contributed by atoms with E-state index in [4.69, 9.17) is 0 Å². The zero-order valence-electron chi connectivity index (χ0n) is 19.7. The van der Waals surface area contributed by atoms with Crippen LogP contribution in [0.4, 0.5) is 5.95 Å². The number of anilines is 1. The Morgan fingerprint density at radius 2 is 1.69 bits per heavy atom. The highest BCUT2D eigenvalue weighted by molar-refractivity contribution is 5.96. The number of carboxylic acids is 2. The zero-order valence-corrected chi connectivity index (χ0v) is 19.7. The van der Waals surface area contributed by atoms with E-state index < -0.39 is 18.0 Å². The Kier molecular flexibility index (Phi) is 6.64. The number of carbonyl (C=O) groups is 2. The van der Waals surface area contributed by atoms with Gasteiger partial charge in [0.2, 0.25) is 5.95 Å². The first-order valence-corrected chi connectivity index (χ1v) is 11.9. The highest BCUT2D eigenvalue weighted by Gasteiger charge is 2.32. The van der Waals surface area contributed by atoms with Crippen LogP contribution in [0.25, 0.3) is 10.9 Å². The van der Waals surface area contributed by atoms with Crippen LogP contribution in [-0.4, -0.2) is 67.8 Å². The highest BCUT2D eigenvalue weighted by atomic mass is 16.4. The second kappa shape index (κ2) is 10.2. The van der Waals surface area contributed by atoms with Crippen LogP contribution in [0.3, 0.4) is 0 Å². The molecule has 2 N–H and O–H groups in total. The topological polar surface area (TPSA) is 112 Å². The van der Waals surface area contributed by atoms with E-state index in [1.54, 1.807) is 30.6 Å². The van der Waals surface area contributed by atoms with E-state index in [9.17, 15) is 19.8 Å². The standard InChI is InChI=1S/C27H27N5O4/c33-25(34)20-8-9-21-22(18-32(23(21)16-20)17-19-6-2-1-3-7-19)24(26(35)36)30-12-5-13-31(15-14-30)27-28-10-4-11-29-27/h1-4,6-11,16,18,24H,5,12-15,17H2,(H,33,34)(H,35,36)/t24-/m1/s1. The number of carboxylic acid groups (broad SMARTS) is 2. The monoisotopic (exact) mass is 485 g/mol. The van der Waals surface area contributed by atoms with Crippen molar-refractivity contribution in [3.63, 3.8) is 0 Å². The molecule has 0 aliphatic carbocycles. The summed E-state index contributed by atoms with van der Waals surface area (Å²) < 4.78 is 1.95. The van der Waals surface area contributed by atoms with Crippen molar-refractivity contribution in [2.24, 2.45) is 0 Å². The Morgan fingerprint density at radius 3 is 2.42 bits per heavy atom. The molecule has 4 aromatic rings. The Hall–Kier alpha value is -4.24. The molecule has 5 rings (SSSR count). The number of hydrogen-bond acceptors (Lipinski definition) is 6. The SMILES string of the molecule is O=C(O)c1ccc2c([C@H](C(=O)O)N3CCCN(c4ncccn4)CC3)cn(Cc3ccccc3)c2c1. The number of nitrogens with zero attached hydrogens (tertiary/aromatic N) is 5. The van der Waals surface area contributed by atoms with Crippen LogP contribution in [0.5, 0.6) is 0 Å². The number of aliphatic carboxylic acids is 1. The minimum absolute atomic E-state index is 0.168. The number of rotatable bonds is 7. The molecule has 36 heavy (non-hydrogen) atoms. The first-order valence-electron chi connectivity index (χ1n) is 11.9. The lowest BCUT2D eigenvalue weighted by Crippen LogP contribution is -2.37. The van der Waals surface area contributed by atoms with Gasteiger partial charge in [0.25, 0.3) is 0 Å². The normalized spacial score (nSPS) is 15.5. The van der Waals surface area contributed by atoms with Crippen molar-refractivity contribution in [1.82, 2.24) is 19.4 Å². The smallest absolute Gasteiger partial charge is 0.335 e. The molecule has 0 amide bonds. The van der Waals surface area contributed by atoms with Gasteiger partial charge in [-0.3, -0.25) is 9.69 Å². The Bertz CT molecular complexity index is 1370. The molecule has 184 valence electrons. The summed E-state index contributed by atoms with van der Waals surface area (Å²) in [7, 11) is 0. The molecule has 0 saturated carbocycles. The average Bonchev–Trinajstić information content (AvgIpc) is 3.06. The molecule has 1 aliphatic rings. The Balaban J connectivity index is 1.51. The van der Waals surface area contributed by atoms with Gasteiger partial charge in [-0.2, -0.15) is 0 Å². The molecular formula is C27H27N5O4. The largest absolute Gasteiger partial charge is 0.480 e. The van der Waals surface area contributed by atoms with E-state index in [0.717, 1.165) is 23.9 Å². The Labute approximate surface area is 208 Å². The zero-order chi connectivity index (χ0) is 25.1. The van der Waals surface area contributed by atoms with E-state index in [-0.39, 0.29) is 5.56 Å². The summed E-state index contributed by atoms with van der Waals surface area (Å²) in [6.07, 6.45) is 6.05. The van der Waals surface area contributed by atoms with Crippen molar-refractivity contribution in [3.05, 3.63) is 89.9 Å². The first-order chi connectivity index (χ1) is 17.5. The number of aromatic carboxylic acids is 1. The van der Waals surface area contributed by atoms with Crippen LogP contribution >= 0.6 is 0 Å². The average molecular weight is 486 g/mol. The lowest BCUT2D eigenvalue weighted by molar-refractivity contribution is -0.143. The number of hydrogen-bond donors (Lipinski definition) is 2. The number of fused-ring (bicyclic) bond motifs is 1. The number of aromatic nitrogens is 3. The third kappa shape index (κ3) is 4.78. The van der Waals surface area contributed by atoms with Gasteiger partial charge in [-0.15, -0.1) is 0 Å². The predicted molar refractivity (Wildman–Crippen MR) is 135 cm³/mol. The summed E-state index contributed by atoms with van der Waals surface area (Å²) in [5, 5.41) is 20.7. The van der Waals surface area contributed by atoms with Crippen LogP contribution < -0.4 is 4.90 Å². The van der Waals surface area contributed by atoms with Crippen LogP contribution in [0.1, 0.15) is 33.9 Å². The Morgan fingerprint density at radius 1 is 0.917 bits per heavy atom. The minimum atomic E-state index is -1.02. The van der Waals surface area contributed by atoms with Gasteiger partial charge >= 0.3 is 11.9 Å². The lowest BCUT2D eigenvalue weighted by Gasteiger charge is -2.27. The van der Waals surface area contributed by atoms with Crippen molar-refractivity contribution in [1.29, 1.82) is 0 Å². The van der Waals surface area contributed by atoms with Crippen LogP contribution in [-0.2, 0) is 11.3 Å². The second-order valence-electron chi connectivity index (χ2n) is 8.90. The maximum atomic E-state index is 12.7. The van der Waals surface area contributed by atoms with E-state index in [0.29, 0.717) is 43.2 Å².